The van der Waals surface area contributed by atoms with Gasteiger partial charge < -0.3 is 14.4 Å². The van der Waals surface area contributed by atoms with Crippen molar-refractivity contribution in [1.82, 2.24) is 4.90 Å². The number of carbonyl (C=O) groups excluding carboxylic acids is 2. The lowest BCUT2D eigenvalue weighted by Gasteiger charge is -2.27. The van der Waals surface area contributed by atoms with Gasteiger partial charge in [0.25, 0.3) is 0 Å². The number of morpholine rings is 1. The lowest BCUT2D eigenvalue weighted by Crippen LogP contribution is -2.42. The number of esters is 1. The summed E-state index contributed by atoms with van der Waals surface area (Å²) in [4.78, 5) is 26.0. The first-order valence-electron chi connectivity index (χ1n) is 7.00. The first-order valence-corrected chi connectivity index (χ1v) is 7.00. The Kier molecular flexibility index (Phi) is 4.45. The molecule has 1 saturated heterocycles. The number of carbonyl (C=O) groups is 2. The fourth-order valence-corrected chi connectivity index (χ4v) is 3.00. The zero-order valence-corrected chi connectivity index (χ0v) is 11.9. The molecule has 1 aliphatic carbocycles. The van der Waals surface area contributed by atoms with Crippen LogP contribution in [0.25, 0.3) is 0 Å². The first kappa shape index (κ1) is 14.3. The van der Waals surface area contributed by atoms with E-state index in [1.54, 1.807) is 0 Å². The smallest absolute Gasteiger partial charge is 0.309 e. The maximum atomic E-state index is 12.4. The lowest BCUT2D eigenvalue weighted by molar-refractivity contribution is -0.145. The Labute approximate surface area is 114 Å². The summed E-state index contributed by atoms with van der Waals surface area (Å²) in [5.74, 6) is 0.0970. The molecule has 5 heteroatoms. The quantitative estimate of drug-likeness (QED) is 0.712. The van der Waals surface area contributed by atoms with Gasteiger partial charge in [0.15, 0.2) is 0 Å². The fourth-order valence-electron chi connectivity index (χ4n) is 3.00. The Balaban J connectivity index is 2.00. The maximum absolute atomic E-state index is 12.4. The van der Waals surface area contributed by atoms with Crippen molar-refractivity contribution in [2.45, 2.75) is 20.3 Å². The molecule has 0 spiro atoms. The molecule has 0 N–H and O–H groups in total. The van der Waals surface area contributed by atoms with Gasteiger partial charge >= 0.3 is 5.97 Å². The molecule has 1 saturated carbocycles. The van der Waals surface area contributed by atoms with Gasteiger partial charge in [0.05, 0.1) is 32.2 Å². The molecule has 3 unspecified atom stereocenters. The number of nitrogens with zero attached hydrogens (tertiary/aromatic N) is 1. The third-order valence-electron chi connectivity index (χ3n) is 3.99. The second kappa shape index (κ2) is 5.90. The molecule has 2 aliphatic rings. The molecule has 0 radical (unpaired) electrons. The van der Waals surface area contributed by atoms with Crippen molar-refractivity contribution >= 4 is 11.9 Å². The molecular weight excluding hydrogens is 246 g/mol. The van der Waals surface area contributed by atoms with Crippen molar-refractivity contribution in [2.24, 2.45) is 23.7 Å². The summed E-state index contributed by atoms with van der Waals surface area (Å²) in [5.41, 5.74) is 0. The van der Waals surface area contributed by atoms with E-state index in [9.17, 15) is 9.59 Å². The Morgan fingerprint density at radius 2 is 1.89 bits per heavy atom. The summed E-state index contributed by atoms with van der Waals surface area (Å²) in [7, 11) is 1.39. The van der Waals surface area contributed by atoms with Crippen LogP contribution in [-0.2, 0) is 19.1 Å². The Bertz CT molecular complexity index is 349. The van der Waals surface area contributed by atoms with Gasteiger partial charge in [0, 0.05) is 13.1 Å². The summed E-state index contributed by atoms with van der Waals surface area (Å²) in [6.07, 6.45) is 0.903. The SMILES string of the molecule is COC(=O)C1C(CC(C)C)C1C(=O)N1CCOCC1. The molecule has 2 fully saturated rings. The normalized spacial score (nSPS) is 30.3. The van der Waals surface area contributed by atoms with Crippen molar-refractivity contribution in [3.8, 4) is 0 Å². The lowest BCUT2D eigenvalue weighted by atomic mass is 10.0. The predicted molar refractivity (Wildman–Crippen MR) is 69.3 cm³/mol. The minimum Gasteiger partial charge on any atom is -0.469 e. The highest BCUT2D eigenvalue weighted by atomic mass is 16.5. The van der Waals surface area contributed by atoms with Crippen LogP contribution in [0.4, 0.5) is 0 Å². The highest BCUT2D eigenvalue weighted by molar-refractivity contribution is 5.91. The van der Waals surface area contributed by atoms with E-state index in [0.29, 0.717) is 32.2 Å². The zero-order chi connectivity index (χ0) is 14.0. The first-order chi connectivity index (χ1) is 9.06. The Hall–Kier alpha value is -1.10. The van der Waals surface area contributed by atoms with Crippen LogP contribution in [0.1, 0.15) is 20.3 Å². The number of hydrogen-bond donors (Lipinski definition) is 0. The second-order valence-electron chi connectivity index (χ2n) is 5.81. The van der Waals surface area contributed by atoms with Crippen LogP contribution in [0.15, 0.2) is 0 Å². The molecule has 0 aromatic carbocycles. The number of rotatable bonds is 4. The molecule has 1 amide bonds. The molecule has 1 aliphatic heterocycles. The van der Waals surface area contributed by atoms with E-state index >= 15 is 0 Å². The molecule has 3 atom stereocenters. The van der Waals surface area contributed by atoms with Gasteiger partial charge in [-0.2, -0.15) is 0 Å². The third kappa shape index (κ3) is 3.08. The largest absolute Gasteiger partial charge is 0.469 e. The van der Waals surface area contributed by atoms with Crippen molar-refractivity contribution < 1.29 is 19.1 Å². The summed E-state index contributed by atoms with van der Waals surface area (Å²) in [5, 5.41) is 0. The van der Waals surface area contributed by atoms with E-state index in [1.807, 2.05) is 4.90 Å². The number of ether oxygens (including phenoxy) is 2. The van der Waals surface area contributed by atoms with Crippen LogP contribution in [0.5, 0.6) is 0 Å². The van der Waals surface area contributed by atoms with Gasteiger partial charge in [-0.15, -0.1) is 0 Å². The molecule has 0 bridgehead atoms. The van der Waals surface area contributed by atoms with E-state index in [4.69, 9.17) is 9.47 Å². The van der Waals surface area contributed by atoms with Crippen LogP contribution in [0.2, 0.25) is 0 Å². The summed E-state index contributed by atoms with van der Waals surface area (Å²) >= 11 is 0. The van der Waals surface area contributed by atoms with Gasteiger partial charge in [0.2, 0.25) is 5.91 Å². The monoisotopic (exact) mass is 269 g/mol. The number of amides is 1. The molecular formula is C14H23NO4. The number of hydrogen-bond acceptors (Lipinski definition) is 4. The highest BCUT2D eigenvalue weighted by Crippen LogP contribution is 2.51. The van der Waals surface area contributed by atoms with Crippen molar-refractivity contribution in [3.05, 3.63) is 0 Å². The molecule has 0 aromatic heterocycles. The van der Waals surface area contributed by atoms with Crippen molar-refractivity contribution in [1.29, 1.82) is 0 Å². The molecule has 2 rings (SSSR count). The highest BCUT2D eigenvalue weighted by Gasteiger charge is 2.60. The average molecular weight is 269 g/mol. The Morgan fingerprint density at radius 3 is 2.42 bits per heavy atom. The molecule has 19 heavy (non-hydrogen) atoms. The summed E-state index contributed by atoms with van der Waals surface area (Å²) < 4.78 is 10.1. The van der Waals surface area contributed by atoms with Gasteiger partial charge in [-0.3, -0.25) is 9.59 Å². The minimum absolute atomic E-state index is 0.101. The van der Waals surface area contributed by atoms with Crippen LogP contribution in [0.3, 0.4) is 0 Å². The Morgan fingerprint density at radius 1 is 1.26 bits per heavy atom. The van der Waals surface area contributed by atoms with Gasteiger partial charge in [0.1, 0.15) is 0 Å². The van der Waals surface area contributed by atoms with Crippen LogP contribution in [-0.4, -0.2) is 50.2 Å². The van der Waals surface area contributed by atoms with E-state index < -0.39 is 0 Å². The fraction of sp³-hybridized carbons (Fsp3) is 0.857. The van der Waals surface area contributed by atoms with Crippen LogP contribution >= 0.6 is 0 Å². The van der Waals surface area contributed by atoms with E-state index in [0.717, 1.165) is 6.42 Å². The standard InChI is InChI=1S/C14H23NO4/c1-9(2)8-10-11(12(10)14(17)18-3)13(16)15-4-6-19-7-5-15/h9-12H,4-8H2,1-3H3. The van der Waals surface area contributed by atoms with Crippen molar-refractivity contribution in [3.63, 3.8) is 0 Å². The van der Waals surface area contributed by atoms with Gasteiger partial charge in [-0.05, 0) is 18.3 Å². The topological polar surface area (TPSA) is 55.8 Å². The van der Waals surface area contributed by atoms with Crippen LogP contribution in [0, 0.1) is 23.7 Å². The summed E-state index contributed by atoms with van der Waals surface area (Å²) in [6, 6.07) is 0. The van der Waals surface area contributed by atoms with Gasteiger partial charge in [-0.25, -0.2) is 0 Å². The average Bonchev–Trinajstić information content (AvgIpc) is 3.11. The van der Waals surface area contributed by atoms with E-state index in [2.05, 4.69) is 13.8 Å². The molecule has 5 nitrogen and oxygen atoms in total. The third-order valence-corrected chi connectivity index (χ3v) is 3.99. The maximum Gasteiger partial charge on any atom is 0.309 e. The zero-order valence-electron chi connectivity index (χ0n) is 11.9. The van der Waals surface area contributed by atoms with E-state index in [1.165, 1.54) is 7.11 Å². The molecule has 1 heterocycles. The van der Waals surface area contributed by atoms with Gasteiger partial charge in [-0.1, -0.05) is 13.8 Å². The molecule has 0 aromatic rings. The van der Waals surface area contributed by atoms with E-state index in [-0.39, 0.29) is 29.6 Å². The summed E-state index contributed by atoms with van der Waals surface area (Å²) in [6.45, 7) is 6.69. The predicted octanol–water partition coefficient (Wildman–Crippen LogP) is 0.926. The molecule has 108 valence electrons. The van der Waals surface area contributed by atoms with Crippen molar-refractivity contribution in [2.75, 3.05) is 33.4 Å². The second-order valence-corrected chi connectivity index (χ2v) is 5.81. The number of methoxy groups -OCH3 is 1. The minimum atomic E-state index is -0.239. The van der Waals surface area contributed by atoms with Crippen LogP contribution < -0.4 is 0 Å².